The van der Waals surface area contributed by atoms with E-state index in [9.17, 15) is 5.11 Å². The van der Waals surface area contributed by atoms with Crippen LogP contribution in [0.1, 0.15) is 1.43 Å². The van der Waals surface area contributed by atoms with E-state index in [1.54, 1.807) is 12.3 Å². The smallest absolute Gasteiger partial charge is 1.00 e. The van der Waals surface area contributed by atoms with Gasteiger partial charge in [-0.3, -0.25) is 4.98 Å². The second kappa shape index (κ2) is 11.3. The van der Waals surface area contributed by atoms with Crippen LogP contribution in [0.2, 0.25) is 0 Å². The monoisotopic (exact) mass is 485 g/mol. The summed E-state index contributed by atoms with van der Waals surface area (Å²) in [6.07, 6.45) is 1.73. The molecule has 2 heterocycles. The van der Waals surface area contributed by atoms with Gasteiger partial charge in [0.1, 0.15) is 5.75 Å². The van der Waals surface area contributed by atoms with E-state index in [-0.39, 0.29) is 26.0 Å². The average molecular weight is 486 g/mol. The zero-order valence-corrected chi connectivity index (χ0v) is 21.0. The molecule has 2 aromatic heterocycles. The van der Waals surface area contributed by atoms with E-state index in [2.05, 4.69) is 41.4 Å². The maximum absolute atomic E-state index is 10.5. The van der Waals surface area contributed by atoms with Crippen molar-refractivity contribution in [1.82, 2.24) is 15.0 Å². The van der Waals surface area contributed by atoms with Crippen LogP contribution >= 0.6 is 0 Å². The molecule has 0 saturated heterocycles. The van der Waals surface area contributed by atoms with Crippen molar-refractivity contribution in [1.29, 1.82) is 0 Å². The Morgan fingerprint density at radius 3 is 1.68 bits per heavy atom. The molecular formula is C33H24LiN3O. The summed E-state index contributed by atoms with van der Waals surface area (Å²) in [5.74, 6) is 0.857. The van der Waals surface area contributed by atoms with Gasteiger partial charge in [-0.2, -0.15) is 0 Å². The van der Waals surface area contributed by atoms with E-state index in [1.165, 1.54) is 0 Å². The molecule has 0 atom stereocenters. The Kier molecular flexibility index (Phi) is 7.47. The fourth-order valence-corrected chi connectivity index (χ4v) is 4.37. The number of aromatic hydroxyl groups is 1. The minimum atomic E-state index is 0. The van der Waals surface area contributed by atoms with Gasteiger partial charge in [-0.25, -0.2) is 9.97 Å². The Balaban J connectivity index is 0.00000176. The number of benzene rings is 4. The van der Waals surface area contributed by atoms with Gasteiger partial charge in [0.2, 0.25) is 0 Å². The number of phenols is 1. The van der Waals surface area contributed by atoms with Crippen LogP contribution in [0.4, 0.5) is 0 Å². The van der Waals surface area contributed by atoms with Crippen molar-refractivity contribution < 1.29 is 25.4 Å². The maximum atomic E-state index is 10.5. The zero-order chi connectivity index (χ0) is 25.0. The second-order valence-electron chi connectivity index (χ2n) is 8.72. The van der Waals surface area contributed by atoms with E-state index in [0.717, 1.165) is 44.9 Å². The van der Waals surface area contributed by atoms with Crippen molar-refractivity contribution in [2.75, 3.05) is 0 Å². The molecule has 1 N–H and O–H groups in total. The van der Waals surface area contributed by atoms with Gasteiger partial charge in [0.15, 0.2) is 5.82 Å². The Labute approximate surface area is 235 Å². The van der Waals surface area contributed by atoms with Crippen molar-refractivity contribution in [2.24, 2.45) is 0 Å². The van der Waals surface area contributed by atoms with E-state index in [1.807, 2.05) is 84.9 Å². The molecule has 6 rings (SSSR count). The van der Waals surface area contributed by atoms with Crippen molar-refractivity contribution in [3.05, 3.63) is 134 Å². The maximum Gasteiger partial charge on any atom is 1.00 e. The molecule has 178 valence electrons. The Bertz CT molecular complexity index is 1620. The van der Waals surface area contributed by atoms with E-state index >= 15 is 0 Å². The topological polar surface area (TPSA) is 58.9 Å². The summed E-state index contributed by atoms with van der Waals surface area (Å²) in [5, 5.41) is 10.5. The van der Waals surface area contributed by atoms with Gasteiger partial charge in [0.05, 0.1) is 17.1 Å². The molecule has 0 aliphatic rings. The Hall–Kier alpha value is -4.49. The van der Waals surface area contributed by atoms with Crippen LogP contribution in [0, 0.1) is 0 Å². The molecule has 0 fully saturated rings. The summed E-state index contributed by atoms with van der Waals surface area (Å²) >= 11 is 0. The van der Waals surface area contributed by atoms with Gasteiger partial charge in [-0.1, -0.05) is 91.0 Å². The van der Waals surface area contributed by atoms with E-state index in [4.69, 9.17) is 9.97 Å². The van der Waals surface area contributed by atoms with Crippen molar-refractivity contribution in [3.63, 3.8) is 0 Å². The van der Waals surface area contributed by atoms with Gasteiger partial charge < -0.3 is 6.53 Å². The SMILES string of the molecule is Oc1ccc(-c2cccc(-c3nc(-c4ccccc4)cc(-c4ccccc4)n3)c2)cc1-c1ccccn1.[H-].[Li+]. The first kappa shape index (κ1) is 25.2. The van der Waals surface area contributed by atoms with Crippen LogP contribution in [0.15, 0.2) is 134 Å². The Morgan fingerprint density at radius 2 is 1.05 bits per heavy atom. The molecule has 5 heteroatoms. The van der Waals surface area contributed by atoms with Crippen LogP contribution in [0.3, 0.4) is 0 Å². The molecule has 0 aliphatic carbocycles. The van der Waals surface area contributed by atoms with E-state index in [0.29, 0.717) is 11.4 Å². The standard InChI is InChI=1S/C33H23N3O.Li.H/c37-32-18-17-26(21-28(32)29-16-7-8-19-34-29)25-14-9-15-27(20-25)33-35-30(23-10-3-1-4-11-23)22-31(36-33)24-12-5-2-6-13-24;;/h1-22,37H;;/q;+1;-1. The van der Waals surface area contributed by atoms with Crippen molar-refractivity contribution in [2.45, 2.75) is 0 Å². The second-order valence-corrected chi connectivity index (χ2v) is 8.72. The number of hydrogen-bond donors (Lipinski definition) is 1. The van der Waals surface area contributed by atoms with Crippen LogP contribution in [-0.4, -0.2) is 20.1 Å². The zero-order valence-electron chi connectivity index (χ0n) is 22.0. The first-order chi connectivity index (χ1) is 18.2. The summed E-state index contributed by atoms with van der Waals surface area (Å²) in [6.45, 7) is 0. The number of hydrogen-bond acceptors (Lipinski definition) is 4. The Morgan fingerprint density at radius 1 is 0.474 bits per heavy atom. The number of rotatable bonds is 5. The molecule has 38 heavy (non-hydrogen) atoms. The van der Waals surface area contributed by atoms with Crippen LogP contribution < -0.4 is 18.9 Å². The van der Waals surface area contributed by atoms with Gasteiger partial charge in [0.25, 0.3) is 0 Å². The molecule has 0 bridgehead atoms. The number of nitrogens with zero attached hydrogens (tertiary/aromatic N) is 3. The molecular weight excluding hydrogens is 461 g/mol. The van der Waals surface area contributed by atoms with Crippen molar-refractivity contribution >= 4 is 0 Å². The van der Waals surface area contributed by atoms with Crippen LogP contribution in [-0.2, 0) is 0 Å². The number of phenolic OH excluding ortho intramolecular Hbond substituents is 1. The van der Waals surface area contributed by atoms with E-state index < -0.39 is 0 Å². The molecule has 0 aliphatic heterocycles. The number of aromatic nitrogens is 3. The summed E-state index contributed by atoms with van der Waals surface area (Å²) in [5.41, 5.74) is 8.14. The average Bonchev–Trinajstić information content (AvgIpc) is 2.98. The van der Waals surface area contributed by atoms with Crippen LogP contribution in [0.25, 0.3) is 56.3 Å². The predicted molar refractivity (Wildman–Crippen MR) is 150 cm³/mol. The fraction of sp³-hybridized carbons (Fsp3) is 0. The van der Waals surface area contributed by atoms with Gasteiger partial charge in [0, 0.05) is 28.5 Å². The molecule has 0 spiro atoms. The molecule has 4 nitrogen and oxygen atoms in total. The third kappa shape index (κ3) is 5.28. The van der Waals surface area contributed by atoms with Crippen LogP contribution in [0.5, 0.6) is 5.75 Å². The molecule has 6 aromatic rings. The first-order valence-electron chi connectivity index (χ1n) is 12.1. The van der Waals surface area contributed by atoms with Gasteiger partial charge in [-0.15, -0.1) is 0 Å². The molecule has 0 radical (unpaired) electrons. The first-order valence-corrected chi connectivity index (χ1v) is 12.1. The van der Waals surface area contributed by atoms with Crippen molar-refractivity contribution in [3.8, 4) is 62.0 Å². The minimum absolute atomic E-state index is 0. The normalized spacial score (nSPS) is 10.5. The molecule has 4 aromatic carbocycles. The van der Waals surface area contributed by atoms with Gasteiger partial charge in [-0.05, 0) is 47.5 Å². The summed E-state index contributed by atoms with van der Waals surface area (Å²) in [7, 11) is 0. The quantitative estimate of drug-likeness (QED) is 0.348. The summed E-state index contributed by atoms with van der Waals surface area (Å²) in [4.78, 5) is 14.3. The summed E-state index contributed by atoms with van der Waals surface area (Å²) < 4.78 is 0. The fourth-order valence-electron chi connectivity index (χ4n) is 4.37. The summed E-state index contributed by atoms with van der Waals surface area (Å²) in [6, 6.07) is 41.8. The third-order valence-electron chi connectivity index (χ3n) is 6.26. The number of pyridine rings is 1. The molecule has 0 saturated carbocycles. The predicted octanol–water partition coefficient (Wildman–Crippen LogP) is 5.03. The largest absolute Gasteiger partial charge is 1.00 e. The molecule has 0 amide bonds. The van der Waals surface area contributed by atoms with Gasteiger partial charge >= 0.3 is 18.9 Å². The third-order valence-corrected chi connectivity index (χ3v) is 6.26. The minimum Gasteiger partial charge on any atom is -1.00 e. The molecule has 0 unspecified atom stereocenters.